The van der Waals surface area contributed by atoms with Gasteiger partial charge in [0.2, 0.25) is 0 Å². The van der Waals surface area contributed by atoms with E-state index in [1.54, 1.807) is 0 Å². The molecule has 0 aliphatic carbocycles. The molecular weight excluding hydrogens is 282 g/mol. The van der Waals surface area contributed by atoms with E-state index in [-0.39, 0.29) is 124 Å². The van der Waals surface area contributed by atoms with Gasteiger partial charge in [0.05, 0.1) is 0 Å². The fourth-order valence-electron chi connectivity index (χ4n) is 0.0868. The van der Waals surface area contributed by atoms with Crippen molar-refractivity contribution >= 4 is 15.6 Å². The maximum atomic E-state index is 9.68. The van der Waals surface area contributed by atoms with Gasteiger partial charge in [-0.05, 0) is 0 Å². The Labute approximate surface area is 174 Å². The molecule has 0 radical (unpaired) electrons. The zero-order valence-corrected chi connectivity index (χ0v) is 18.1. The summed E-state index contributed by atoms with van der Waals surface area (Å²) in [5.74, 6) is 0. The number of hydrogen-bond donors (Lipinski definition) is 4. The fraction of sp³-hybridized carbons (Fsp3) is 0. The molecule has 0 aliphatic heterocycles. The Morgan fingerprint density at radius 3 is 0.929 bits per heavy atom. The first kappa shape index (κ1) is 30.9. The molecule has 0 atom stereocenters. The third-order valence-corrected chi connectivity index (χ3v) is 0.883. The Hall–Kier alpha value is 4.22. The molecule has 0 aromatic heterocycles. The summed E-state index contributed by atoms with van der Waals surface area (Å²) in [6.07, 6.45) is 0. The SMILES string of the molecule is O=P(O)(O)OOP(=O)(O)O.[H-].[H-].[H-].[H-].[Na+].[Na+].[Na+].[Na+]. The molecule has 0 saturated carbocycles. The Balaban J connectivity index is -0.0000000145. The van der Waals surface area contributed by atoms with Crippen molar-refractivity contribution in [2.24, 2.45) is 0 Å². The third-order valence-electron chi connectivity index (χ3n) is 0.228. The summed E-state index contributed by atoms with van der Waals surface area (Å²) in [4.78, 5) is 31.2. The minimum atomic E-state index is -4.98. The van der Waals surface area contributed by atoms with Crippen molar-refractivity contribution in [1.29, 1.82) is 0 Å². The molecule has 0 bridgehead atoms. The largest absolute Gasteiger partial charge is 1.00 e. The van der Waals surface area contributed by atoms with Crippen molar-refractivity contribution in [2.75, 3.05) is 0 Å². The van der Waals surface area contributed by atoms with Gasteiger partial charge in [0.25, 0.3) is 0 Å². The minimum Gasteiger partial charge on any atom is -1.00 e. The molecule has 0 heterocycles. The van der Waals surface area contributed by atoms with Gasteiger partial charge in [-0.25, -0.2) is 9.13 Å². The van der Waals surface area contributed by atoms with Crippen LogP contribution >= 0.6 is 15.6 Å². The number of phosphoric acid groups is 2. The molecule has 0 aromatic rings. The summed E-state index contributed by atoms with van der Waals surface area (Å²) in [6.45, 7) is 0. The van der Waals surface area contributed by atoms with E-state index < -0.39 is 15.6 Å². The van der Waals surface area contributed by atoms with Crippen molar-refractivity contribution in [3.63, 3.8) is 0 Å². The first-order chi connectivity index (χ1) is 4.21. The molecule has 14 heavy (non-hydrogen) atoms. The molecule has 8 nitrogen and oxygen atoms in total. The number of rotatable bonds is 3. The van der Waals surface area contributed by atoms with Gasteiger partial charge in [-0.15, -0.1) is 9.35 Å². The average Bonchev–Trinajstić information content (AvgIpc) is 1.57. The first-order valence-corrected chi connectivity index (χ1v) is 4.76. The van der Waals surface area contributed by atoms with E-state index in [1.807, 2.05) is 0 Å². The van der Waals surface area contributed by atoms with Gasteiger partial charge >= 0.3 is 134 Å². The van der Waals surface area contributed by atoms with Crippen LogP contribution in [0.4, 0.5) is 0 Å². The van der Waals surface area contributed by atoms with Crippen LogP contribution in [0.1, 0.15) is 5.71 Å². The van der Waals surface area contributed by atoms with Gasteiger partial charge < -0.3 is 25.3 Å². The Morgan fingerprint density at radius 2 is 0.857 bits per heavy atom. The molecule has 14 heteroatoms. The molecule has 0 aliphatic rings. The van der Waals surface area contributed by atoms with Gasteiger partial charge in [0.1, 0.15) is 0 Å². The maximum Gasteiger partial charge on any atom is 1.00 e. The van der Waals surface area contributed by atoms with E-state index in [0.29, 0.717) is 0 Å². The normalized spacial score (nSPS) is 9.71. The van der Waals surface area contributed by atoms with Crippen LogP contribution in [0.25, 0.3) is 0 Å². The van der Waals surface area contributed by atoms with Crippen LogP contribution in [0.2, 0.25) is 0 Å². The predicted octanol–water partition coefficient (Wildman–Crippen LogP) is -12.4. The van der Waals surface area contributed by atoms with E-state index in [4.69, 9.17) is 19.6 Å². The van der Waals surface area contributed by atoms with E-state index in [9.17, 15) is 9.13 Å². The molecular formula is H8Na4O8P2. The van der Waals surface area contributed by atoms with Crippen molar-refractivity contribution < 1.29 is 162 Å². The molecule has 0 aromatic carbocycles. The zero-order chi connectivity index (χ0) is 8.41. The molecule has 0 saturated heterocycles. The van der Waals surface area contributed by atoms with E-state index in [0.717, 1.165) is 0 Å². The fourth-order valence-corrected chi connectivity index (χ4v) is 0.782. The van der Waals surface area contributed by atoms with Crippen LogP contribution in [0.15, 0.2) is 0 Å². The second-order valence-corrected chi connectivity index (χ2v) is 3.39. The summed E-state index contributed by atoms with van der Waals surface area (Å²) < 4.78 is 25.4. The minimum absolute atomic E-state index is 0. The molecule has 0 fully saturated rings. The molecule has 70 valence electrons. The van der Waals surface area contributed by atoms with Crippen LogP contribution in [0.5, 0.6) is 0 Å². The average molecular weight is 290 g/mol. The van der Waals surface area contributed by atoms with Crippen molar-refractivity contribution in [2.45, 2.75) is 0 Å². The Morgan fingerprint density at radius 1 is 0.714 bits per heavy atom. The van der Waals surface area contributed by atoms with Gasteiger partial charge in [-0.2, -0.15) is 0 Å². The van der Waals surface area contributed by atoms with Crippen LogP contribution in [0.3, 0.4) is 0 Å². The summed E-state index contributed by atoms with van der Waals surface area (Å²) in [5.41, 5.74) is 0. The monoisotopic (exact) mass is 290 g/mol. The summed E-state index contributed by atoms with van der Waals surface area (Å²) in [6, 6.07) is 0. The first-order valence-electron chi connectivity index (χ1n) is 1.70. The quantitative estimate of drug-likeness (QED) is 0.174. The van der Waals surface area contributed by atoms with Crippen LogP contribution in [-0.4, -0.2) is 19.6 Å². The van der Waals surface area contributed by atoms with Gasteiger partial charge in [-0.1, -0.05) is 0 Å². The van der Waals surface area contributed by atoms with Crippen molar-refractivity contribution in [3.05, 3.63) is 0 Å². The standard InChI is InChI=1S/4Na.H4O8P2.4H/c;;;;1-9(2,3)7-8-10(4,5)6;;;;/h;;;;(H2,1,2,3)(H2,4,5,6);;;;/q4*+1;;4*-1. The number of hydrogen-bond acceptors (Lipinski definition) is 4. The summed E-state index contributed by atoms with van der Waals surface area (Å²) in [5, 5.41) is 0. The Bertz CT molecular complexity index is 183. The molecule has 0 spiro atoms. The summed E-state index contributed by atoms with van der Waals surface area (Å²) in [7, 11) is -9.95. The van der Waals surface area contributed by atoms with Crippen molar-refractivity contribution in [1.82, 2.24) is 0 Å². The van der Waals surface area contributed by atoms with E-state index >= 15 is 0 Å². The zero-order valence-electron chi connectivity index (χ0n) is 12.3. The summed E-state index contributed by atoms with van der Waals surface area (Å²) >= 11 is 0. The smallest absolute Gasteiger partial charge is 1.00 e. The predicted molar refractivity (Wildman–Crippen MR) is 30.7 cm³/mol. The second-order valence-electron chi connectivity index (χ2n) is 1.13. The van der Waals surface area contributed by atoms with Gasteiger partial charge in [-0.3, -0.25) is 0 Å². The van der Waals surface area contributed by atoms with Crippen LogP contribution < -0.4 is 118 Å². The van der Waals surface area contributed by atoms with Gasteiger partial charge in [0, 0.05) is 0 Å². The van der Waals surface area contributed by atoms with Crippen LogP contribution in [0, 0.1) is 0 Å². The molecule has 0 unspecified atom stereocenters. The third kappa shape index (κ3) is 29.8. The maximum absolute atomic E-state index is 9.68. The van der Waals surface area contributed by atoms with Gasteiger partial charge in [0.15, 0.2) is 0 Å². The van der Waals surface area contributed by atoms with E-state index in [2.05, 4.69) is 9.35 Å². The molecule has 0 amide bonds. The molecule has 0 rings (SSSR count). The molecule has 4 N–H and O–H groups in total. The van der Waals surface area contributed by atoms with Crippen molar-refractivity contribution in [3.8, 4) is 0 Å². The van der Waals surface area contributed by atoms with Crippen LogP contribution in [-0.2, 0) is 18.5 Å². The topological polar surface area (TPSA) is 134 Å². The second kappa shape index (κ2) is 13.6. The Kier molecular flexibility index (Phi) is 30.1. The van der Waals surface area contributed by atoms with E-state index in [1.165, 1.54) is 0 Å².